The van der Waals surface area contributed by atoms with Gasteiger partial charge >= 0.3 is 0 Å². The monoisotopic (exact) mass is 317 g/mol. The maximum absolute atomic E-state index is 6.07. The van der Waals surface area contributed by atoms with Gasteiger partial charge in [0.05, 0.1) is 17.3 Å². The van der Waals surface area contributed by atoms with Gasteiger partial charge < -0.3 is 10.1 Å². The maximum atomic E-state index is 6.07. The number of halogens is 2. The third-order valence-corrected chi connectivity index (χ3v) is 4.48. The van der Waals surface area contributed by atoms with Crippen LogP contribution in [0.1, 0.15) is 26.7 Å². The quantitative estimate of drug-likeness (QED) is 0.868. The molecular formula is C13H17BrClNO. The van der Waals surface area contributed by atoms with E-state index >= 15 is 0 Å². The molecule has 17 heavy (non-hydrogen) atoms. The SMILES string of the molecule is COc1c(Br)cc(Cl)cc1NC(C)C1(C)CC1. The van der Waals surface area contributed by atoms with E-state index in [2.05, 4.69) is 35.1 Å². The largest absolute Gasteiger partial charge is 0.493 e. The first-order valence-corrected chi connectivity index (χ1v) is 6.93. The van der Waals surface area contributed by atoms with Gasteiger partial charge in [0.2, 0.25) is 0 Å². The number of benzene rings is 1. The summed E-state index contributed by atoms with van der Waals surface area (Å²) in [5.74, 6) is 0.811. The summed E-state index contributed by atoms with van der Waals surface area (Å²) in [5.41, 5.74) is 1.37. The van der Waals surface area contributed by atoms with Crippen LogP contribution in [-0.2, 0) is 0 Å². The predicted molar refractivity (Wildman–Crippen MR) is 76.1 cm³/mol. The molecule has 0 saturated heterocycles. The smallest absolute Gasteiger partial charge is 0.156 e. The summed E-state index contributed by atoms with van der Waals surface area (Å²) in [6.07, 6.45) is 2.57. The average Bonchev–Trinajstić information content (AvgIpc) is 2.97. The fraction of sp³-hybridized carbons (Fsp3) is 0.538. The molecule has 4 heteroatoms. The summed E-state index contributed by atoms with van der Waals surface area (Å²) in [7, 11) is 1.67. The van der Waals surface area contributed by atoms with Crippen LogP contribution >= 0.6 is 27.5 Å². The van der Waals surface area contributed by atoms with E-state index in [1.807, 2.05) is 12.1 Å². The minimum atomic E-state index is 0.416. The minimum absolute atomic E-state index is 0.416. The molecule has 1 saturated carbocycles. The van der Waals surface area contributed by atoms with Gasteiger partial charge in [-0.25, -0.2) is 0 Å². The topological polar surface area (TPSA) is 21.3 Å². The van der Waals surface area contributed by atoms with Gasteiger partial charge in [0, 0.05) is 11.1 Å². The molecular weight excluding hydrogens is 302 g/mol. The Balaban J connectivity index is 2.25. The number of hydrogen-bond donors (Lipinski definition) is 1. The molecule has 0 bridgehead atoms. The lowest BCUT2D eigenvalue weighted by Gasteiger charge is -2.23. The fourth-order valence-corrected chi connectivity index (χ4v) is 2.88. The molecule has 1 aromatic carbocycles. The van der Waals surface area contributed by atoms with Crippen molar-refractivity contribution >= 4 is 33.2 Å². The molecule has 1 aromatic rings. The van der Waals surface area contributed by atoms with Gasteiger partial charge in [0.1, 0.15) is 0 Å². The Bertz CT molecular complexity index is 432. The third kappa shape index (κ3) is 2.71. The second kappa shape index (κ2) is 4.69. The molecule has 0 spiro atoms. The molecule has 2 rings (SSSR count). The van der Waals surface area contributed by atoms with Crippen molar-refractivity contribution in [3.63, 3.8) is 0 Å². The molecule has 1 N–H and O–H groups in total. The van der Waals surface area contributed by atoms with Crippen LogP contribution in [0.3, 0.4) is 0 Å². The van der Waals surface area contributed by atoms with Crippen LogP contribution in [0, 0.1) is 5.41 Å². The van der Waals surface area contributed by atoms with Crippen LogP contribution in [0.5, 0.6) is 5.75 Å². The van der Waals surface area contributed by atoms with E-state index in [0.29, 0.717) is 16.5 Å². The van der Waals surface area contributed by atoms with Gasteiger partial charge in [0.25, 0.3) is 0 Å². The van der Waals surface area contributed by atoms with E-state index < -0.39 is 0 Å². The van der Waals surface area contributed by atoms with Crippen molar-refractivity contribution in [2.24, 2.45) is 5.41 Å². The Morgan fingerprint density at radius 3 is 2.65 bits per heavy atom. The highest BCUT2D eigenvalue weighted by Crippen LogP contribution is 2.49. The Labute approximate surface area is 116 Å². The molecule has 1 aliphatic carbocycles. The number of rotatable bonds is 4. The van der Waals surface area contributed by atoms with E-state index in [4.69, 9.17) is 16.3 Å². The predicted octanol–water partition coefficient (Wildman–Crippen LogP) is 4.71. The van der Waals surface area contributed by atoms with Gasteiger partial charge in [-0.2, -0.15) is 0 Å². The Morgan fingerprint density at radius 2 is 2.12 bits per heavy atom. The summed E-state index contributed by atoms with van der Waals surface area (Å²) in [5, 5.41) is 4.21. The van der Waals surface area contributed by atoms with E-state index in [1.165, 1.54) is 12.8 Å². The molecule has 0 aromatic heterocycles. The molecule has 0 radical (unpaired) electrons. The number of anilines is 1. The van der Waals surface area contributed by atoms with Gasteiger partial charge in [-0.1, -0.05) is 18.5 Å². The number of ether oxygens (including phenoxy) is 1. The molecule has 0 aliphatic heterocycles. The van der Waals surface area contributed by atoms with Gasteiger partial charge in [0.15, 0.2) is 5.75 Å². The minimum Gasteiger partial charge on any atom is -0.493 e. The molecule has 0 amide bonds. The molecule has 1 unspecified atom stereocenters. The summed E-state index contributed by atoms with van der Waals surface area (Å²) in [6, 6.07) is 4.17. The van der Waals surface area contributed by atoms with E-state index in [1.54, 1.807) is 7.11 Å². The molecule has 1 fully saturated rings. The first-order chi connectivity index (χ1) is 7.96. The van der Waals surface area contributed by atoms with Crippen LogP contribution in [0.15, 0.2) is 16.6 Å². The highest BCUT2D eigenvalue weighted by molar-refractivity contribution is 9.10. The highest BCUT2D eigenvalue weighted by Gasteiger charge is 2.42. The average molecular weight is 319 g/mol. The first-order valence-electron chi connectivity index (χ1n) is 5.76. The summed E-state index contributed by atoms with van der Waals surface area (Å²) < 4.78 is 6.27. The standard InChI is InChI=1S/C13H17BrClNO/c1-8(13(2)4-5-13)16-11-7-9(15)6-10(14)12(11)17-3/h6-8,16H,4-5H2,1-3H3. The van der Waals surface area contributed by atoms with Gasteiger partial charge in [-0.05, 0) is 53.2 Å². The summed E-state index contributed by atoms with van der Waals surface area (Å²) in [6.45, 7) is 4.51. The Kier molecular flexibility index (Phi) is 3.60. The van der Waals surface area contributed by atoms with Crippen LogP contribution in [-0.4, -0.2) is 13.2 Å². The van der Waals surface area contributed by atoms with Crippen molar-refractivity contribution in [2.75, 3.05) is 12.4 Å². The van der Waals surface area contributed by atoms with E-state index in [-0.39, 0.29) is 0 Å². The van der Waals surface area contributed by atoms with Crippen LogP contribution < -0.4 is 10.1 Å². The van der Waals surface area contributed by atoms with Crippen LogP contribution in [0.2, 0.25) is 5.02 Å². The number of methoxy groups -OCH3 is 1. The Morgan fingerprint density at radius 1 is 1.47 bits per heavy atom. The molecule has 2 nitrogen and oxygen atoms in total. The first kappa shape index (κ1) is 13.0. The lowest BCUT2D eigenvalue weighted by atomic mass is 10.0. The van der Waals surface area contributed by atoms with Crippen molar-refractivity contribution in [1.82, 2.24) is 0 Å². The molecule has 1 aliphatic rings. The number of hydrogen-bond acceptors (Lipinski definition) is 2. The zero-order chi connectivity index (χ0) is 12.6. The second-order valence-corrected chi connectivity index (χ2v) is 6.28. The zero-order valence-electron chi connectivity index (χ0n) is 10.3. The Hall–Kier alpha value is -0.410. The lowest BCUT2D eigenvalue weighted by molar-refractivity contribution is 0.411. The van der Waals surface area contributed by atoms with Crippen LogP contribution in [0.4, 0.5) is 5.69 Å². The van der Waals surface area contributed by atoms with E-state index in [9.17, 15) is 0 Å². The maximum Gasteiger partial charge on any atom is 0.156 e. The summed E-state index contributed by atoms with van der Waals surface area (Å²) in [4.78, 5) is 0. The van der Waals surface area contributed by atoms with Gasteiger partial charge in [-0.15, -0.1) is 0 Å². The molecule has 0 heterocycles. The number of nitrogens with one attached hydrogen (secondary N) is 1. The van der Waals surface area contributed by atoms with Gasteiger partial charge in [-0.3, -0.25) is 0 Å². The van der Waals surface area contributed by atoms with Crippen molar-refractivity contribution < 1.29 is 4.74 Å². The lowest BCUT2D eigenvalue weighted by Crippen LogP contribution is -2.25. The second-order valence-electron chi connectivity index (χ2n) is 4.99. The van der Waals surface area contributed by atoms with Crippen molar-refractivity contribution in [1.29, 1.82) is 0 Å². The highest BCUT2D eigenvalue weighted by atomic mass is 79.9. The zero-order valence-corrected chi connectivity index (χ0v) is 12.7. The van der Waals surface area contributed by atoms with Crippen molar-refractivity contribution in [2.45, 2.75) is 32.7 Å². The third-order valence-electron chi connectivity index (χ3n) is 3.67. The molecule has 94 valence electrons. The fourth-order valence-electron chi connectivity index (χ4n) is 1.91. The van der Waals surface area contributed by atoms with Crippen LogP contribution in [0.25, 0.3) is 0 Å². The van der Waals surface area contributed by atoms with Crippen molar-refractivity contribution in [3.8, 4) is 5.75 Å². The van der Waals surface area contributed by atoms with E-state index in [0.717, 1.165) is 15.9 Å². The van der Waals surface area contributed by atoms with Crippen molar-refractivity contribution in [3.05, 3.63) is 21.6 Å². The molecule has 1 atom stereocenters. The normalized spacial score (nSPS) is 18.6. The summed E-state index contributed by atoms with van der Waals surface area (Å²) >= 11 is 9.53.